The highest BCUT2D eigenvalue weighted by Gasteiger charge is 2.31. The van der Waals surface area contributed by atoms with Crippen LogP contribution in [0.1, 0.15) is 36.6 Å². The van der Waals surface area contributed by atoms with Crippen LogP contribution in [0.25, 0.3) is 0 Å². The van der Waals surface area contributed by atoms with Crippen molar-refractivity contribution in [3.05, 3.63) is 21.9 Å². The Morgan fingerprint density at radius 2 is 2.12 bits per heavy atom. The van der Waals surface area contributed by atoms with E-state index in [0.29, 0.717) is 0 Å². The van der Waals surface area contributed by atoms with Crippen LogP contribution in [-0.4, -0.2) is 11.9 Å². The molecule has 0 spiro atoms. The zero-order chi connectivity index (χ0) is 11.9. The average molecular weight is 238 g/mol. The number of amidine groups is 1. The minimum Gasteiger partial charge on any atom is -0.446 e. The van der Waals surface area contributed by atoms with E-state index in [4.69, 9.17) is 10.5 Å². The van der Waals surface area contributed by atoms with Gasteiger partial charge < -0.3 is 10.5 Å². The fourth-order valence-electron chi connectivity index (χ4n) is 1.44. The summed E-state index contributed by atoms with van der Waals surface area (Å²) in [7, 11) is 0. The Balaban J connectivity index is 2.24. The zero-order valence-electron chi connectivity index (χ0n) is 9.48. The van der Waals surface area contributed by atoms with E-state index >= 15 is 0 Å². The molecule has 5 heteroatoms. The van der Waals surface area contributed by atoms with E-state index in [1.54, 1.807) is 11.3 Å². The van der Waals surface area contributed by atoms with E-state index < -0.39 is 6.10 Å². The summed E-state index contributed by atoms with van der Waals surface area (Å²) < 4.78 is 5.17. The Hall–Kier alpha value is -1.36. The predicted molar refractivity (Wildman–Crippen MR) is 63.5 cm³/mol. The van der Waals surface area contributed by atoms with Crippen molar-refractivity contribution in [2.24, 2.45) is 10.7 Å². The number of thiophene rings is 1. The molecular formula is C11H14N2O2S. The standard InChI is InChI=1S/C11H14N2O2S/c1-11(2,3)7-5-4-6(16-7)8-9(14)13-10(12)15-8/h4-5,8H,1-3H3,(H2,12,13,14). The first kappa shape index (κ1) is 11.1. The molecule has 1 atom stereocenters. The third kappa shape index (κ3) is 1.95. The maximum Gasteiger partial charge on any atom is 0.296 e. The summed E-state index contributed by atoms with van der Waals surface area (Å²) >= 11 is 1.57. The number of carbonyl (C=O) groups is 1. The van der Waals surface area contributed by atoms with Crippen LogP contribution in [0.3, 0.4) is 0 Å². The maximum absolute atomic E-state index is 11.5. The highest BCUT2D eigenvalue weighted by atomic mass is 32.1. The number of nitrogens with two attached hydrogens (primary N) is 1. The summed E-state index contributed by atoms with van der Waals surface area (Å²) in [6.07, 6.45) is -0.638. The largest absolute Gasteiger partial charge is 0.446 e. The van der Waals surface area contributed by atoms with Gasteiger partial charge in [0.15, 0.2) is 0 Å². The number of aliphatic imine (C=N–C) groups is 1. The van der Waals surface area contributed by atoms with Crippen molar-refractivity contribution in [2.75, 3.05) is 0 Å². The Bertz CT molecular complexity index is 457. The molecule has 16 heavy (non-hydrogen) atoms. The molecule has 0 saturated carbocycles. The zero-order valence-corrected chi connectivity index (χ0v) is 10.3. The maximum atomic E-state index is 11.5. The Morgan fingerprint density at radius 1 is 1.44 bits per heavy atom. The normalized spacial score (nSPS) is 20.8. The molecule has 0 bridgehead atoms. The van der Waals surface area contributed by atoms with Crippen LogP contribution < -0.4 is 5.73 Å². The lowest BCUT2D eigenvalue weighted by Gasteiger charge is -2.15. The summed E-state index contributed by atoms with van der Waals surface area (Å²) in [5.74, 6) is -0.320. The number of carbonyl (C=O) groups excluding carboxylic acids is 1. The lowest BCUT2D eigenvalue weighted by atomic mass is 9.95. The van der Waals surface area contributed by atoms with Gasteiger partial charge in [0.1, 0.15) is 0 Å². The summed E-state index contributed by atoms with van der Waals surface area (Å²) in [6, 6.07) is 3.88. The molecular weight excluding hydrogens is 224 g/mol. The van der Waals surface area contributed by atoms with Crippen molar-refractivity contribution in [3.8, 4) is 0 Å². The molecule has 1 aliphatic rings. The van der Waals surface area contributed by atoms with Gasteiger partial charge in [0.25, 0.3) is 11.9 Å². The van der Waals surface area contributed by atoms with Gasteiger partial charge >= 0.3 is 0 Å². The van der Waals surface area contributed by atoms with Gasteiger partial charge in [-0.2, -0.15) is 4.99 Å². The second-order valence-corrected chi connectivity index (χ2v) is 5.85. The van der Waals surface area contributed by atoms with Gasteiger partial charge in [-0.1, -0.05) is 20.8 Å². The second-order valence-electron chi connectivity index (χ2n) is 4.74. The van der Waals surface area contributed by atoms with E-state index in [9.17, 15) is 4.79 Å². The van der Waals surface area contributed by atoms with Crippen LogP contribution in [-0.2, 0) is 14.9 Å². The first-order chi connectivity index (χ1) is 7.38. The fraction of sp³-hybridized carbons (Fsp3) is 0.455. The van der Waals surface area contributed by atoms with Crippen molar-refractivity contribution >= 4 is 23.3 Å². The summed E-state index contributed by atoms with van der Waals surface area (Å²) in [5.41, 5.74) is 5.44. The van der Waals surface area contributed by atoms with Crippen molar-refractivity contribution in [3.63, 3.8) is 0 Å². The van der Waals surface area contributed by atoms with E-state index in [-0.39, 0.29) is 17.3 Å². The molecule has 1 aliphatic heterocycles. The molecule has 0 saturated heterocycles. The monoisotopic (exact) mass is 238 g/mol. The van der Waals surface area contributed by atoms with Crippen molar-refractivity contribution in [1.29, 1.82) is 0 Å². The van der Waals surface area contributed by atoms with Crippen LogP contribution in [0, 0.1) is 0 Å². The number of hydrogen-bond donors (Lipinski definition) is 1. The average Bonchev–Trinajstić information content (AvgIpc) is 2.70. The molecule has 2 heterocycles. The summed E-state index contributed by atoms with van der Waals surface area (Å²) in [4.78, 5) is 17.1. The van der Waals surface area contributed by atoms with Gasteiger partial charge in [0.2, 0.25) is 6.10 Å². The molecule has 86 valence electrons. The number of ether oxygens (including phenoxy) is 1. The van der Waals surface area contributed by atoms with Crippen molar-refractivity contribution in [1.82, 2.24) is 0 Å². The van der Waals surface area contributed by atoms with Gasteiger partial charge in [0, 0.05) is 4.88 Å². The second kappa shape index (κ2) is 3.59. The van der Waals surface area contributed by atoms with Crippen LogP contribution in [0.2, 0.25) is 0 Å². The Labute approximate surface area is 98.1 Å². The number of rotatable bonds is 1. The quantitative estimate of drug-likeness (QED) is 0.813. The topological polar surface area (TPSA) is 64.7 Å². The van der Waals surface area contributed by atoms with E-state index in [2.05, 4.69) is 25.8 Å². The molecule has 0 aromatic carbocycles. The third-order valence-electron chi connectivity index (χ3n) is 2.31. The predicted octanol–water partition coefficient (Wildman–Crippen LogP) is 1.96. The van der Waals surface area contributed by atoms with Crippen LogP contribution >= 0.6 is 11.3 Å². The first-order valence-corrected chi connectivity index (χ1v) is 5.84. The van der Waals surface area contributed by atoms with Crippen molar-refractivity contribution < 1.29 is 9.53 Å². The summed E-state index contributed by atoms with van der Waals surface area (Å²) in [5, 5.41) is 0. The van der Waals surface area contributed by atoms with Crippen LogP contribution in [0.4, 0.5) is 0 Å². The molecule has 2 rings (SSSR count). The third-order valence-corrected chi connectivity index (χ3v) is 3.86. The molecule has 1 aromatic rings. The smallest absolute Gasteiger partial charge is 0.296 e. The lowest BCUT2D eigenvalue weighted by molar-refractivity contribution is -0.122. The molecule has 1 unspecified atom stereocenters. The first-order valence-electron chi connectivity index (χ1n) is 5.03. The van der Waals surface area contributed by atoms with E-state index in [1.165, 1.54) is 4.88 Å². The molecule has 1 aromatic heterocycles. The number of amides is 1. The SMILES string of the molecule is CC(C)(C)c1ccc(C2OC(N)=NC2=O)s1. The minimum absolute atomic E-state index is 0.0410. The summed E-state index contributed by atoms with van der Waals surface area (Å²) in [6.45, 7) is 6.39. The van der Waals surface area contributed by atoms with E-state index in [0.717, 1.165) is 4.88 Å². The van der Waals surface area contributed by atoms with Gasteiger partial charge in [-0.05, 0) is 17.5 Å². The van der Waals surface area contributed by atoms with Gasteiger partial charge in [-0.25, -0.2) is 0 Å². The highest BCUT2D eigenvalue weighted by Crippen LogP contribution is 2.35. The van der Waals surface area contributed by atoms with Crippen LogP contribution in [0.15, 0.2) is 17.1 Å². The molecule has 4 nitrogen and oxygen atoms in total. The Morgan fingerprint density at radius 3 is 2.56 bits per heavy atom. The van der Waals surface area contributed by atoms with Crippen molar-refractivity contribution in [2.45, 2.75) is 32.3 Å². The minimum atomic E-state index is -0.638. The lowest BCUT2D eigenvalue weighted by Crippen LogP contribution is -2.13. The molecule has 0 fully saturated rings. The highest BCUT2D eigenvalue weighted by molar-refractivity contribution is 7.12. The molecule has 1 amide bonds. The molecule has 0 aliphatic carbocycles. The van der Waals surface area contributed by atoms with Gasteiger partial charge in [-0.3, -0.25) is 4.79 Å². The number of nitrogens with zero attached hydrogens (tertiary/aromatic N) is 1. The van der Waals surface area contributed by atoms with Gasteiger partial charge in [-0.15, -0.1) is 11.3 Å². The Kier molecular flexibility index (Phi) is 2.50. The fourth-order valence-corrected chi connectivity index (χ4v) is 2.53. The molecule has 2 N–H and O–H groups in total. The molecule has 0 radical (unpaired) electrons. The van der Waals surface area contributed by atoms with Crippen LogP contribution in [0.5, 0.6) is 0 Å². The number of hydrogen-bond acceptors (Lipinski definition) is 4. The van der Waals surface area contributed by atoms with Gasteiger partial charge in [0.05, 0.1) is 4.88 Å². The van der Waals surface area contributed by atoms with E-state index in [1.807, 2.05) is 12.1 Å².